The lowest BCUT2D eigenvalue weighted by Gasteiger charge is -2.22. The average Bonchev–Trinajstić information content (AvgIpc) is 3.45. The van der Waals surface area contributed by atoms with Crippen LogP contribution in [0.4, 0.5) is 14.9 Å². The molecule has 0 saturated carbocycles. The molecule has 1 aromatic heterocycles. The predicted octanol–water partition coefficient (Wildman–Crippen LogP) is 3.14. The number of carbonyl (C=O) groups excluding carboxylic acids is 3. The summed E-state index contributed by atoms with van der Waals surface area (Å²) in [7, 11) is 0. The zero-order chi connectivity index (χ0) is 24.9. The van der Waals surface area contributed by atoms with Gasteiger partial charge in [-0.05, 0) is 55.0 Å². The largest absolute Gasteiger partial charge is 0.325 e. The minimum Gasteiger partial charge on any atom is -0.322 e. The Bertz CT molecular complexity index is 1400. The van der Waals surface area contributed by atoms with Crippen LogP contribution in [0.1, 0.15) is 42.6 Å². The Labute approximate surface area is 206 Å². The number of rotatable bonds is 4. The van der Waals surface area contributed by atoms with E-state index in [1.807, 2.05) is 28.8 Å². The highest BCUT2D eigenvalue weighted by atomic mass is 19.1. The third-order valence-corrected chi connectivity index (χ3v) is 7.33. The molecule has 1 spiro atoms. The lowest BCUT2D eigenvalue weighted by molar-refractivity contribution is -0.134. The molecule has 1 saturated heterocycles. The Kier molecular flexibility index (Phi) is 5.31. The second kappa shape index (κ2) is 8.54. The quantitative estimate of drug-likeness (QED) is 0.549. The molecule has 2 aliphatic heterocycles. The maximum absolute atomic E-state index is 14.6. The number of nitrogens with zero attached hydrogens (tertiary/aromatic N) is 4. The molecule has 1 fully saturated rings. The summed E-state index contributed by atoms with van der Waals surface area (Å²) in [4.78, 5) is 39.8. The molecule has 1 aliphatic carbocycles. The van der Waals surface area contributed by atoms with Crippen molar-refractivity contribution in [1.29, 1.82) is 0 Å². The van der Waals surface area contributed by atoms with E-state index >= 15 is 0 Å². The van der Waals surface area contributed by atoms with Gasteiger partial charge in [0.2, 0.25) is 5.91 Å². The molecule has 10 heteroatoms. The Morgan fingerprint density at radius 3 is 2.83 bits per heavy atom. The molecule has 0 bridgehead atoms. The van der Waals surface area contributed by atoms with E-state index in [4.69, 9.17) is 0 Å². The van der Waals surface area contributed by atoms with Gasteiger partial charge >= 0.3 is 6.03 Å². The first-order valence-electron chi connectivity index (χ1n) is 12.2. The van der Waals surface area contributed by atoms with Crippen molar-refractivity contribution < 1.29 is 18.8 Å². The number of amides is 4. The van der Waals surface area contributed by atoms with Crippen LogP contribution in [0.5, 0.6) is 0 Å². The molecule has 6 rings (SSSR count). The lowest BCUT2D eigenvalue weighted by Crippen LogP contribution is -2.43. The minimum atomic E-state index is -1.15. The Morgan fingerprint density at radius 1 is 1.08 bits per heavy atom. The SMILES string of the molecule is O=C(CN1C(=O)NC2(CCc3ccccc32)C1=O)Nc1cc(-c2nnc3n2CCCCC3)ccc1F. The van der Waals surface area contributed by atoms with Crippen molar-refractivity contribution in [3.63, 3.8) is 0 Å². The number of anilines is 1. The van der Waals surface area contributed by atoms with Crippen molar-refractivity contribution in [3.8, 4) is 11.4 Å². The second-order valence-corrected chi connectivity index (χ2v) is 9.53. The summed E-state index contributed by atoms with van der Waals surface area (Å²) in [5, 5.41) is 13.9. The molecule has 3 aliphatic rings. The number of aromatic nitrogens is 3. The summed E-state index contributed by atoms with van der Waals surface area (Å²) in [6.45, 7) is 0.270. The van der Waals surface area contributed by atoms with Gasteiger partial charge in [0, 0.05) is 18.5 Å². The number of imide groups is 1. The van der Waals surface area contributed by atoms with Crippen LogP contribution in [0, 0.1) is 5.82 Å². The smallest absolute Gasteiger partial charge is 0.322 e. The third kappa shape index (κ3) is 3.55. The third-order valence-electron chi connectivity index (χ3n) is 7.33. The minimum absolute atomic E-state index is 0.0450. The van der Waals surface area contributed by atoms with Crippen molar-refractivity contribution in [1.82, 2.24) is 25.0 Å². The van der Waals surface area contributed by atoms with E-state index in [0.29, 0.717) is 24.2 Å². The number of benzene rings is 2. The maximum Gasteiger partial charge on any atom is 0.325 e. The number of carbonyl (C=O) groups is 3. The molecule has 2 aromatic carbocycles. The average molecular weight is 489 g/mol. The summed E-state index contributed by atoms with van der Waals surface area (Å²) in [6.07, 6.45) is 5.12. The summed E-state index contributed by atoms with van der Waals surface area (Å²) in [5.74, 6) is -0.233. The van der Waals surface area contributed by atoms with Crippen molar-refractivity contribution in [2.45, 2.75) is 50.6 Å². The van der Waals surface area contributed by atoms with Gasteiger partial charge in [0.05, 0.1) is 5.69 Å². The number of fused-ring (bicyclic) bond motifs is 3. The van der Waals surface area contributed by atoms with Crippen molar-refractivity contribution in [3.05, 3.63) is 65.2 Å². The Hall–Kier alpha value is -4.08. The molecule has 2 N–H and O–H groups in total. The maximum atomic E-state index is 14.6. The first kappa shape index (κ1) is 22.4. The molecule has 1 unspecified atom stereocenters. The number of aryl methyl sites for hydroxylation is 2. The predicted molar refractivity (Wildman–Crippen MR) is 128 cm³/mol. The van der Waals surface area contributed by atoms with Crippen molar-refractivity contribution >= 4 is 23.5 Å². The highest BCUT2D eigenvalue weighted by Crippen LogP contribution is 2.41. The fourth-order valence-corrected chi connectivity index (χ4v) is 5.53. The Balaban J connectivity index is 1.21. The molecule has 9 nitrogen and oxygen atoms in total. The van der Waals surface area contributed by atoms with Gasteiger partial charge in [0.1, 0.15) is 23.7 Å². The van der Waals surface area contributed by atoms with Crippen LogP contribution in [0.3, 0.4) is 0 Å². The molecular formula is C26H25FN6O3. The van der Waals surface area contributed by atoms with E-state index in [0.717, 1.165) is 54.1 Å². The normalized spacial score (nSPS) is 20.8. The van der Waals surface area contributed by atoms with Crippen LogP contribution in [0.25, 0.3) is 11.4 Å². The highest BCUT2D eigenvalue weighted by molar-refractivity contribution is 6.11. The number of hydrogen-bond acceptors (Lipinski definition) is 5. The van der Waals surface area contributed by atoms with E-state index in [-0.39, 0.29) is 5.69 Å². The summed E-state index contributed by atoms with van der Waals surface area (Å²) in [5.41, 5.74) is 1.20. The van der Waals surface area contributed by atoms with E-state index in [9.17, 15) is 18.8 Å². The molecule has 36 heavy (non-hydrogen) atoms. The van der Waals surface area contributed by atoms with E-state index in [2.05, 4.69) is 20.8 Å². The van der Waals surface area contributed by atoms with Crippen LogP contribution >= 0.6 is 0 Å². The van der Waals surface area contributed by atoms with E-state index in [1.165, 1.54) is 12.1 Å². The number of hydrogen-bond donors (Lipinski definition) is 2. The van der Waals surface area contributed by atoms with Crippen molar-refractivity contribution in [2.24, 2.45) is 0 Å². The van der Waals surface area contributed by atoms with Crippen molar-refractivity contribution in [2.75, 3.05) is 11.9 Å². The molecular weight excluding hydrogens is 463 g/mol. The first-order chi connectivity index (χ1) is 17.5. The van der Waals surface area contributed by atoms with Gasteiger partial charge in [-0.2, -0.15) is 0 Å². The van der Waals surface area contributed by atoms with Gasteiger partial charge in [0.25, 0.3) is 5.91 Å². The zero-order valence-corrected chi connectivity index (χ0v) is 19.6. The summed E-state index contributed by atoms with van der Waals surface area (Å²) < 4.78 is 16.7. The van der Waals surface area contributed by atoms with Crippen LogP contribution < -0.4 is 10.6 Å². The van der Waals surface area contributed by atoms with Crippen LogP contribution in [0.15, 0.2) is 42.5 Å². The fourth-order valence-electron chi connectivity index (χ4n) is 5.53. The van der Waals surface area contributed by atoms with Crippen LogP contribution in [-0.4, -0.2) is 44.1 Å². The molecule has 3 heterocycles. The molecule has 1 atom stereocenters. The topological polar surface area (TPSA) is 109 Å². The molecule has 4 amide bonds. The molecule has 0 radical (unpaired) electrons. The fraction of sp³-hybridized carbons (Fsp3) is 0.346. The summed E-state index contributed by atoms with van der Waals surface area (Å²) in [6, 6.07) is 11.2. The van der Waals surface area contributed by atoms with E-state index in [1.54, 1.807) is 6.07 Å². The van der Waals surface area contributed by atoms with Gasteiger partial charge in [-0.25, -0.2) is 9.18 Å². The van der Waals surface area contributed by atoms with Gasteiger partial charge in [-0.1, -0.05) is 30.7 Å². The van der Waals surface area contributed by atoms with Crippen LogP contribution in [-0.2, 0) is 34.5 Å². The van der Waals surface area contributed by atoms with E-state index < -0.39 is 35.7 Å². The zero-order valence-electron chi connectivity index (χ0n) is 19.6. The molecule has 3 aromatic rings. The number of urea groups is 1. The standard InChI is InChI=1S/C26H25FN6O3/c27-19-10-9-17(23-31-30-21-8-2-1-5-13-32(21)23)14-20(19)28-22(34)15-33-24(35)26(29-25(33)36)12-11-16-6-3-4-7-18(16)26/h3-4,6-7,9-10,14H,1-2,5,8,11-13,15H2,(H,28,34)(H,29,36). The summed E-state index contributed by atoms with van der Waals surface area (Å²) >= 11 is 0. The monoisotopic (exact) mass is 488 g/mol. The number of halogens is 1. The van der Waals surface area contributed by atoms with Gasteiger partial charge in [0.15, 0.2) is 5.82 Å². The Morgan fingerprint density at radius 2 is 1.94 bits per heavy atom. The van der Waals surface area contributed by atoms with Gasteiger partial charge in [-0.3, -0.25) is 14.5 Å². The van der Waals surface area contributed by atoms with Gasteiger partial charge < -0.3 is 15.2 Å². The highest BCUT2D eigenvalue weighted by Gasteiger charge is 2.55. The lowest BCUT2D eigenvalue weighted by atomic mass is 9.92. The molecule has 184 valence electrons. The van der Waals surface area contributed by atoms with Crippen LogP contribution in [0.2, 0.25) is 0 Å². The van der Waals surface area contributed by atoms with Gasteiger partial charge in [-0.15, -0.1) is 10.2 Å². The second-order valence-electron chi connectivity index (χ2n) is 9.53. The first-order valence-corrected chi connectivity index (χ1v) is 12.2. The number of nitrogens with one attached hydrogen (secondary N) is 2.